The Morgan fingerprint density at radius 3 is 2.60 bits per heavy atom. The lowest BCUT2D eigenvalue weighted by atomic mass is 10.1. The van der Waals surface area contributed by atoms with Crippen LogP contribution in [0.1, 0.15) is 32.9 Å². The first-order valence-corrected chi connectivity index (χ1v) is 6.89. The second-order valence-corrected chi connectivity index (χ2v) is 5.21. The molecule has 1 atom stereocenters. The average molecular weight is 284 g/mol. The van der Waals surface area contributed by atoms with E-state index in [-0.39, 0.29) is 16.7 Å². The number of aryl methyl sites for hydroxylation is 2. The van der Waals surface area contributed by atoms with E-state index in [2.05, 4.69) is 24.3 Å². The second kappa shape index (κ2) is 7.23. The Morgan fingerprint density at radius 1 is 1.50 bits per heavy atom. The molecule has 1 aromatic heterocycles. The summed E-state index contributed by atoms with van der Waals surface area (Å²) in [6, 6.07) is 0.00501. The quantitative estimate of drug-likeness (QED) is 0.586. The van der Waals surface area contributed by atoms with Crippen molar-refractivity contribution in [1.29, 1.82) is 0 Å². The maximum atomic E-state index is 11.3. The van der Waals surface area contributed by atoms with Crippen molar-refractivity contribution in [2.24, 2.45) is 5.92 Å². The van der Waals surface area contributed by atoms with E-state index in [0.717, 1.165) is 6.42 Å². The molecule has 0 aromatic carbocycles. The topological polar surface area (TPSA) is 82.2 Å². The van der Waals surface area contributed by atoms with Crippen LogP contribution in [-0.2, 0) is 11.3 Å². The van der Waals surface area contributed by atoms with Gasteiger partial charge in [0.15, 0.2) is 0 Å². The molecule has 1 rings (SSSR count). The predicted molar refractivity (Wildman–Crippen MR) is 78.0 cm³/mol. The Hall–Kier alpha value is -1.63. The van der Waals surface area contributed by atoms with E-state index in [0.29, 0.717) is 30.6 Å². The highest BCUT2D eigenvalue weighted by atomic mass is 16.6. The van der Waals surface area contributed by atoms with Gasteiger partial charge in [-0.15, -0.1) is 0 Å². The van der Waals surface area contributed by atoms with Crippen LogP contribution in [0.5, 0.6) is 0 Å². The van der Waals surface area contributed by atoms with Crippen LogP contribution in [0.3, 0.4) is 0 Å². The molecule has 7 nitrogen and oxygen atoms in total. The number of nitrogens with one attached hydrogen (secondary N) is 1. The molecule has 114 valence electrons. The third-order valence-electron chi connectivity index (χ3n) is 3.19. The van der Waals surface area contributed by atoms with Gasteiger partial charge in [-0.2, -0.15) is 5.10 Å². The Bertz CT molecular complexity index is 457. The minimum absolute atomic E-state index is 0.00501. The van der Waals surface area contributed by atoms with Crippen LogP contribution < -0.4 is 5.32 Å². The molecule has 0 aliphatic rings. The van der Waals surface area contributed by atoms with E-state index in [1.807, 2.05) is 6.92 Å². The van der Waals surface area contributed by atoms with E-state index in [4.69, 9.17) is 4.74 Å². The first-order valence-electron chi connectivity index (χ1n) is 6.89. The van der Waals surface area contributed by atoms with E-state index < -0.39 is 0 Å². The molecule has 0 fully saturated rings. The monoisotopic (exact) mass is 284 g/mol. The molecule has 1 unspecified atom stereocenters. The Kier molecular flexibility index (Phi) is 5.94. The summed E-state index contributed by atoms with van der Waals surface area (Å²) in [5.41, 5.74) is 0.492. The van der Waals surface area contributed by atoms with Crippen molar-refractivity contribution in [1.82, 2.24) is 9.78 Å². The van der Waals surface area contributed by atoms with Gasteiger partial charge in [0.25, 0.3) is 0 Å². The van der Waals surface area contributed by atoms with Crippen LogP contribution in [0.2, 0.25) is 0 Å². The zero-order valence-corrected chi connectivity index (χ0v) is 12.8. The van der Waals surface area contributed by atoms with Crippen molar-refractivity contribution in [2.75, 3.05) is 19.0 Å². The van der Waals surface area contributed by atoms with Gasteiger partial charge in [0, 0.05) is 13.7 Å². The fourth-order valence-corrected chi connectivity index (χ4v) is 2.06. The van der Waals surface area contributed by atoms with Gasteiger partial charge in [-0.05, 0) is 19.3 Å². The average Bonchev–Trinajstić information content (AvgIpc) is 2.65. The number of methoxy groups -OCH3 is 1. The normalized spacial score (nSPS) is 12.7. The summed E-state index contributed by atoms with van der Waals surface area (Å²) in [7, 11) is 1.63. The van der Waals surface area contributed by atoms with Gasteiger partial charge < -0.3 is 10.1 Å². The zero-order valence-electron chi connectivity index (χ0n) is 12.8. The molecular weight excluding hydrogens is 260 g/mol. The van der Waals surface area contributed by atoms with Crippen LogP contribution in [0.4, 0.5) is 11.5 Å². The zero-order chi connectivity index (χ0) is 15.3. The lowest BCUT2D eigenvalue weighted by Gasteiger charge is -2.22. The smallest absolute Gasteiger partial charge is 0.333 e. The van der Waals surface area contributed by atoms with E-state index >= 15 is 0 Å². The maximum Gasteiger partial charge on any atom is 0.333 e. The highest BCUT2D eigenvalue weighted by Crippen LogP contribution is 2.29. The number of hydrogen-bond donors (Lipinski definition) is 1. The molecular formula is C13H24N4O3. The molecule has 7 heteroatoms. The fraction of sp³-hybridized carbons (Fsp3) is 0.769. The minimum Gasteiger partial charge on any atom is -0.383 e. The standard InChI is InChI=1S/C13H24N4O3/c1-6-7-16-13(12(17(18)19)10(4)15-16)14-11(8-20-5)9(2)3/h9,11,14H,6-8H2,1-5H3. The summed E-state index contributed by atoms with van der Waals surface area (Å²) in [6.45, 7) is 8.92. The number of hydrogen-bond acceptors (Lipinski definition) is 5. The van der Waals surface area contributed by atoms with E-state index in [9.17, 15) is 10.1 Å². The van der Waals surface area contributed by atoms with Gasteiger partial charge in [-0.1, -0.05) is 20.8 Å². The van der Waals surface area contributed by atoms with Crippen molar-refractivity contribution in [2.45, 2.75) is 46.7 Å². The van der Waals surface area contributed by atoms with Gasteiger partial charge >= 0.3 is 5.69 Å². The molecule has 0 aliphatic carbocycles. The first-order chi connectivity index (χ1) is 9.42. The maximum absolute atomic E-state index is 11.3. The molecule has 20 heavy (non-hydrogen) atoms. The van der Waals surface area contributed by atoms with E-state index in [1.54, 1.807) is 18.7 Å². The number of nitro groups is 1. The van der Waals surface area contributed by atoms with Crippen LogP contribution in [-0.4, -0.2) is 34.5 Å². The summed E-state index contributed by atoms with van der Waals surface area (Å²) in [5, 5.41) is 18.8. The third kappa shape index (κ3) is 3.69. The number of ether oxygens (including phenoxy) is 1. The highest BCUT2D eigenvalue weighted by molar-refractivity contribution is 5.60. The Morgan fingerprint density at radius 2 is 2.15 bits per heavy atom. The van der Waals surface area contributed by atoms with Gasteiger partial charge in [0.1, 0.15) is 5.69 Å². The number of anilines is 1. The summed E-state index contributed by atoms with van der Waals surface area (Å²) < 4.78 is 6.86. The van der Waals surface area contributed by atoms with Crippen LogP contribution in [0.25, 0.3) is 0 Å². The highest BCUT2D eigenvalue weighted by Gasteiger charge is 2.27. The molecule has 1 N–H and O–H groups in total. The summed E-state index contributed by atoms with van der Waals surface area (Å²) in [4.78, 5) is 10.9. The Balaban J connectivity index is 3.15. The van der Waals surface area contributed by atoms with Gasteiger partial charge in [-0.25, -0.2) is 4.68 Å². The van der Waals surface area contributed by atoms with Crippen LogP contribution in [0.15, 0.2) is 0 Å². The molecule has 0 amide bonds. The molecule has 0 saturated heterocycles. The van der Waals surface area contributed by atoms with Crippen molar-refractivity contribution >= 4 is 11.5 Å². The molecule has 0 saturated carbocycles. The minimum atomic E-state index is -0.374. The Labute approximate surface area is 119 Å². The van der Waals surface area contributed by atoms with Crippen LogP contribution >= 0.6 is 0 Å². The molecule has 0 aliphatic heterocycles. The van der Waals surface area contributed by atoms with Gasteiger partial charge in [-0.3, -0.25) is 10.1 Å². The number of rotatable bonds is 8. The lowest BCUT2D eigenvalue weighted by Crippen LogP contribution is -2.31. The largest absolute Gasteiger partial charge is 0.383 e. The molecule has 0 spiro atoms. The predicted octanol–water partition coefficient (Wildman–Crippen LogP) is 2.59. The second-order valence-electron chi connectivity index (χ2n) is 5.21. The summed E-state index contributed by atoms with van der Waals surface area (Å²) in [6.07, 6.45) is 0.865. The van der Waals surface area contributed by atoms with E-state index in [1.165, 1.54) is 0 Å². The third-order valence-corrected chi connectivity index (χ3v) is 3.19. The summed E-state index contributed by atoms with van der Waals surface area (Å²) >= 11 is 0. The van der Waals surface area contributed by atoms with Crippen LogP contribution in [0, 0.1) is 23.0 Å². The van der Waals surface area contributed by atoms with Gasteiger partial charge in [0.05, 0.1) is 17.6 Å². The number of aromatic nitrogens is 2. The molecule has 0 radical (unpaired) electrons. The van der Waals surface area contributed by atoms with Gasteiger partial charge in [0.2, 0.25) is 5.82 Å². The first kappa shape index (κ1) is 16.4. The summed E-state index contributed by atoms with van der Waals surface area (Å²) in [5.74, 6) is 0.768. The molecule has 1 heterocycles. The van der Waals surface area contributed by atoms with Crippen molar-refractivity contribution < 1.29 is 9.66 Å². The van der Waals surface area contributed by atoms with Crippen molar-refractivity contribution in [3.05, 3.63) is 15.8 Å². The fourth-order valence-electron chi connectivity index (χ4n) is 2.06. The number of nitrogens with zero attached hydrogens (tertiary/aromatic N) is 3. The lowest BCUT2D eigenvalue weighted by molar-refractivity contribution is -0.384. The van der Waals surface area contributed by atoms with Crippen molar-refractivity contribution in [3.63, 3.8) is 0 Å². The molecule has 1 aromatic rings. The molecule has 0 bridgehead atoms. The SMILES string of the molecule is CCCn1nc(C)c([N+](=O)[O-])c1NC(COC)C(C)C. The van der Waals surface area contributed by atoms with Crippen molar-refractivity contribution in [3.8, 4) is 0 Å².